The molecule has 2 aromatic carbocycles. The first-order valence-corrected chi connectivity index (χ1v) is 13.9. The lowest BCUT2D eigenvalue weighted by Crippen LogP contribution is -2.37. The Morgan fingerprint density at radius 1 is 0.976 bits per heavy atom. The summed E-state index contributed by atoms with van der Waals surface area (Å²) in [4.78, 5) is 23.8. The molecule has 0 saturated heterocycles. The average molecular weight is 553 g/mol. The van der Waals surface area contributed by atoms with Crippen molar-refractivity contribution < 1.29 is 19.0 Å². The Hall–Kier alpha value is -4.43. The van der Waals surface area contributed by atoms with Crippen LogP contribution in [0.15, 0.2) is 91.4 Å². The summed E-state index contributed by atoms with van der Waals surface area (Å²) >= 11 is 0. The van der Waals surface area contributed by atoms with Crippen molar-refractivity contribution in [2.45, 2.75) is 39.8 Å². The van der Waals surface area contributed by atoms with Crippen LogP contribution in [0, 0.1) is 5.41 Å². The van der Waals surface area contributed by atoms with Gasteiger partial charge in [-0.25, -0.2) is 4.98 Å². The van der Waals surface area contributed by atoms with E-state index in [9.17, 15) is 4.79 Å². The van der Waals surface area contributed by atoms with Gasteiger partial charge in [-0.05, 0) is 72.8 Å². The molecule has 0 bridgehead atoms. The predicted octanol–water partition coefficient (Wildman–Crippen LogP) is 6.38. The van der Waals surface area contributed by atoms with E-state index in [-0.39, 0.29) is 17.9 Å². The van der Waals surface area contributed by atoms with Crippen LogP contribution in [0.4, 0.5) is 0 Å². The summed E-state index contributed by atoms with van der Waals surface area (Å²) in [5.74, 6) is 3.20. The monoisotopic (exact) mass is 552 g/mol. The zero-order chi connectivity index (χ0) is 28.5. The minimum Gasteiger partial charge on any atom is -0.489 e. The van der Waals surface area contributed by atoms with Crippen molar-refractivity contribution in [2.24, 2.45) is 5.41 Å². The molecule has 0 atom stereocenters. The molecule has 0 fully saturated rings. The van der Waals surface area contributed by atoms with E-state index in [4.69, 9.17) is 14.2 Å². The molecule has 2 aromatic heterocycles. The van der Waals surface area contributed by atoms with Crippen LogP contribution in [-0.2, 0) is 17.9 Å². The largest absolute Gasteiger partial charge is 0.489 e. The highest BCUT2D eigenvalue weighted by molar-refractivity contribution is 5.78. The third-order valence-electron chi connectivity index (χ3n) is 6.90. The first kappa shape index (κ1) is 28.1. The van der Waals surface area contributed by atoms with Crippen LogP contribution in [0.25, 0.3) is 0 Å². The summed E-state index contributed by atoms with van der Waals surface area (Å²) in [6, 6.07) is 22.9. The van der Waals surface area contributed by atoms with E-state index in [1.165, 1.54) is 0 Å². The molecule has 1 N–H and O–H groups in total. The topological polar surface area (TPSA) is 85.8 Å². The molecule has 0 radical (unpaired) electrons. The average Bonchev–Trinajstić information content (AvgIpc) is 2.98. The van der Waals surface area contributed by atoms with E-state index in [0.29, 0.717) is 48.6 Å². The van der Waals surface area contributed by atoms with Crippen LogP contribution in [-0.4, -0.2) is 40.5 Å². The number of amides is 1. The molecule has 0 unspecified atom stereocenters. The van der Waals surface area contributed by atoms with Gasteiger partial charge in [0, 0.05) is 31.0 Å². The third-order valence-corrected chi connectivity index (χ3v) is 6.90. The number of nitrogens with zero attached hydrogens (tertiary/aromatic N) is 3. The molecule has 212 valence electrons. The summed E-state index contributed by atoms with van der Waals surface area (Å²) in [5, 5.41) is 3.07. The predicted molar refractivity (Wildman–Crippen MR) is 157 cm³/mol. The summed E-state index contributed by atoms with van der Waals surface area (Å²) < 4.78 is 18.3. The van der Waals surface area contributed by atoms with Crippen molar-refractivity contribution in [3.63, 3.8) is 0 Å². The minimum absolute atomic E-state index is 0.0346. The number of fused-ring (bicyclic) bond motifs is 2. The van der Waals surface area contributed by atoms with Crippen molar-refractivity contribution in [1.29, 1.82) is 0 Å². The molecule has 8 heteroatoms. The second kappa shape index (κ2) is 13.3. The lowest BCUT2D eigenvalue weighted by Gasteiger charge is -2.27. The van der Waals surface area contributed by atoms with E-state index in [1.807, 2.05) is 72.8 Å². The molecule has 3 heterocycles. The van der Waals surface area contributed by atoms with E-state index in [2.05, 4.69) is 34.0 Å². The Balaban J connectivity index is 1.24. The first-order valence-electron chi connectivity index (χ1n) is 13.9. The minimum atomic E-state index is -0.0377. The summed E-state index contributed by atoms with van der Waals surface area (Å²) in [7, 11) is 0. The number of benzene rings is 2. The molecule has 1 aliphatic heterocycles. The standard InChI is InChI=1S/C33H36N4O4/c1-33(2)16-7-19-37(22-26-8-5-18-35-32(26)41-30-11-4-3-10-29(30)39-24-33)23-31(38)36-20-25-12-14-27(15-13-25)40-28-9-6-17-34-21-28/h3-6,8-15,17-18,21H,7,16,19-20,22-24H2,1-2H3,(H,36,38). The summed E-state index contributed by atoms with van der Waals surface area (Å²) in [6.45, 7) is 6.98. The number of para-hydroxylation sites is 2. The van der Waals surface area contributed by atoms with Gasteiger partial charge < -0.3 is 19.5 Å². The molecular weight excluding hydrogens is 516 g/mol. The number of ether oxygens (including phenoxy) is 3. The number of rotatable bonds is 6. The van der Waals surface area contributed by atoms with Crippen LogP contribution < -0.4 is 19.5 Å². The molecule has 0 spiro atoms. The van der Waals surface area contributed by atoms with Gasteiger partial charge in [0.15, 0.2) is 11.5 Å². The number of carbonyl (C=O) groups excluding carboxylic acids is 1. The van der Waals surface area contributed by atoms with Crippen molar-refractivity contribution in [3.8, 4) is 28.9 Å². The van der Waals surface area contributed by atoms with Gasteiger partial charge in [0.2, 0.25) is 11.8 Å². The van der Waals surface area contributed by atoms with Crippen molar-refractivity contribution in [1.82, 2.24) is 20.2 Å². The molecule has 0 saturated carbocycles. The fourth-order valence-corrected chi connectivity index (χ4v) is 4.65. The maximum Gasteiger partial charge on any atom is 0.234 e. The van der Waals surface area contributed by atoms with Crippen LogP contribution in [0.1, 0.15) is 37.8 Å². The zero-order valence-corrected chi connectivity index (χ0v) is 23.6. The van der Waals surface area contributed by atoms with Gasteiger partial charge in [0.1, 0.15) is 11.5 Å². The van der Waals surface area contributed by atoms with Crippen LogP contribution in [0.2, 0.25) is 0 Å². The van der Waals surface area contributed by atoms with Crippen LogP contribution >= 0.6 is 0 Å². The fraction of sp³-hybridized carbons (Fsp3) is 0.303. The fourth-order valence-electron chi connectivity index (χ4n) is 4.65. The number of hydrogen-bond donors (Lipinski definition) is 1. The lowest BCUT2D eigenvalue weighted by atomic mass is 9.88. The molecule has 0 aliphatic carbocycles. The highest BCUT2D eigenvalue weighted by Crippen LogP contribution is 2.34. The Morgan fingerprint density at radius 3 is 2.59 bits per heavy atom. The number of carbonyl (C=O) groups is 1. The third kappa shape index (κ3) is 8.28. The van der Waals surface area contributed by atoms with Crippen molar-refractivity contribution in [3.05, 3.63) is 103 Å². The lowest BCUT2D eigenvalue weighted by molar-refractivity contribution is -0.122. The molecule has 1 amide bonds. The Labute approximate surface area is 241 Å². The van der Waals surface area contributed by atoms with Crippen LogP contribution in [0.5, 0.6) is 28.9 Å². The maximum absolute atomic E-state index is 13.1. The zero-order valence-electron chi connectivity index (χ0n) is 23.6. The first-order chi connectivity index (χ1) is 19.9. The number of hydrogen-bond acceptors (Lipinski definition) is 7. The van der Waals surface area contributed by atoms with E-state index in [1.54, 1.807) is 18.6 Å². The highest BCUT2D eigenvalue weighted by Gasteiger charge is 2.23. The van der Waals surface area contributed by atoms with Crippen LogP contribution in [0.3, 0.4) is 0 Å². The number of nitrogens with one attached hydrogen (secondary N) is 1. The molecule has 5 rings (SSSR count). The molecule has 8 nitrogen and oxygen atoms in total. The quantitative estimate of drug-likeness (QED) is 0.297. The Bertz CT molecular complexity index is 1430. The maximum atomic E-state index is 13.1. The molecule has 41 heavy (non-hydrogen) atoms. The van der Waals surface area contributed by atoms with Gasteiger partial charge in [-0.3, -0.25) is 14.7 Å². The summed E-state index contributed by atoms with van der Waals surface area (Å²) in [6.07, 6.45) is 6.98. The van der Waals surface area contributed by atoms with Gasteiger partial charge in [0.25, 0.3) is 0 Å². The van der Waals surface area contributed by atoms with Gasteiger partial charge in [-0.15, -0.1) is 0 Å². The molecular formula is C33H36N4O4. The van der Waals surface area contributed by atoms with E-state index >= 15 is 0 Å². The second-order valence-electron chi connectivity index (χ2n) is 11.0. The normalized spacial score (nSPS) is 15.4. The van der Waals surface area contributed by atoms with E-state index < -0.39 is 0 Å². The molecule has 4 aromatic rings. The van der Waals surface area contributed by atoms with Crippen molar-refractivity contribution in [2.75, 3.05) is 19.7 Å². The molecule has 1 aliphatic rings. The second-order valence-corrected chi connectivity index (χ2v) is 11.0. The Morgan fingerprint density at radius 2 is 1.78 bits per heavy atom. The van der Waals surface area contributed by atoms with Crippen molar-refractivity contribution >= 4 is 5.91 Å². The number of aromatic nitrogens is 2. The Kier molecular flexibility index (Phi) is 9.11. The van der Waals surface area contributed by atoms with E-state index in [0.717, 1.165) is 30.5 Å². The highest BCUT2D eigenvalue weighted by atomic mass is 16.5. The van der Waals surface area contributed by atoms with Gasteiger partial charge >= 0.3 is 0 Å². The summed E-state index contributed by atoms with van der Waals surface area (Å²) in [5.41, 5.74) is 1.87. The van der Waals surface area contributed by atoms with Gasteiger partial charge in [-0.2, -0.15) is 0 Å². The SMILES string of the molecule is CC1(C)CCCN(CC(=O)NCc2ccc(Oc3cccnc3)cc2)Cc2cccnc2Oc2ccccc2OC1. The van der Waals surface area contributed by atoms with Gasteiger partial charge in [0.05, 0.1) is 19.3 Å². The van der Waals surface area contributed by atoms with Gasteiger partial charge in [-0.1, -0.05) is 44.2 Å². The number of pyridine rings is 2. The smallest absolute Gasteiger partial charge is 0.234 e.